The van der Waals surface area contributed by atoms with Crippen LogP contribution in [0.5, 0.6) is 5.75 Å². The molecule has 0 aliphatic carbocycles. The third-order valence-corrected chi connectivity index (χ3v) is 4.63. The van der Waals surface area contributed by atoms with Gasteiger partial charge in [0, 0.05) is 39.3 Å². The second-order valence-corrected chi connectivity index (χ2v) is 6.17. The summed E-state index contributed by atoms with van der Waals surface area (Å²) in [7, 11) is 1.85. The van der Waals surface area contributed by atoms with E-state index in [2.05, 4.69) is 20.1 Å². The van der Waals surface area contributed by atoms with E-state index in [1.54, 1.807) is 0 Å². The SMILES string of the molecule is CN=C(NCCOc1ccccc1)N1CCC(N2CCOCC2)C1. The van der Waals surface area contributed by atoms with Gasteiger partial charge in [-0.15, -0.1) is 0 Å². The van der Waals surface area contributed by atoms with Gasteiger partial charge >= 0.3 is 0 Å². The summed E-state index contributed by atoms with van der Waals surface area (Å²) in [5.74, 6) is 1.88. The maximum atomic E-state index is 5.72. The van der Waals surface area contributed by atoms with E-state index >= 15 is 0 Å². The molecule has 0 amide bonds. The Kier molecular flexibility index (Phi) is 6.32. The van der Waals surface area contributed by atoms with E-state index in [9.17, 15) is 0 Å². The fraction of sp³-hybridized carbons (Fsp3) is 0.611. The number of nitrogens with zero attached hydrogens (tertiary/aromatic N) is 3. The van der Waals surface area contributed by atoms with Gasteiger partial charge in [-0.3, -0.25) is 9.89 Å². The molecule has 2 fully saturated rings. The third-order valence-electron chi connectivity index (χ3n) is 4.63. The van der Waals surface area contributed by atoms with Crippen LogP contribution in [0.3, 0.4) is 0 Å². The van der Waals surface area contributed by atoms with E-state index < -0.39 is 0 Å². The summed E-state index contributed by atoms with van der Waals surface area (Å²) < 4.78 is 11.2. The van der Waals surface area contributed by atoms with Crippen molar-refractivity contribution in [3.63, 3.8) is 0 Å². The van der Waals surface area contributed by atoms with Crippen LogP contribution in [-0.4, -0.2) is 81.4 Å². The van der Waals surface area contributed by atoms with E-state index in [1.165, 1.54) is 6.42 Å². The van der Waals surface area contributed by atoms with Crippen molar-refractivity contribution in [3.05, 3.63) is 30.3 Å². The Morgan fingerprint density at radius 3 is 2.79 bits per heavy atom. The first kappa shape index (κ1) is 17.0. The summed E-state index contributed by atoms with van der Waals surface area (Å²) in [6.45, 7) is 7.30. The predicted molar refractivity (Wildman–Crippen MR) is 95.7 cm³/mol. The molecule has 132 valence electrons. The van der Waals surface area contributed by atoms with Crippen molar-refractivity contribution in [1.82, 2.24) is 15.1 Å². The molecular formula is C18H28N4O2. The molecule has 1 atom stereocenters. The van der Waals surface area contributed by atoms with Crippen molar-refractivity contribution in [3.8, 4) is 5.75 Å². The highest BCUT2D eigenvalue weighted by molar-refractivity contribution is 5.80. The topological polar surface area (TPSA) is 49.3 Å². The Balaban J connectivity index is 1.40. The molecule has 1 unspecified atom stereocenters. The highest BCUT2D eigenvalue weighted by Crippen LogP contribution is 2.17. The fourth-order valence-corrected chi connectivity index (χ4v) is 3.36. The van der Waals surface area contributed by atoms with E-state index in [4.69, 9.17) is 9.47 Å². The molecule has 2 aliphatic heterocycles. The lowest BCUT2D eigenvalue weighted by Gasteiger charge is -2.32. The second-order valence-electron chi connectivity index (χ2n) is 6.17. The lowest BCUT2D eigenvalue weighted by atomic mass is 10.2. The zero-order chi connectivity index (χ0) is 16.6. The summed E-state index contributed by atoms with van der Waals surface area (Å²) >= 11 is 0. The molecule has 1 aromatic carbocycles. The highest BCUT2D eigenvalue weighted by atomic mass is 16.5. The Morgan fingerprint density at radius 2 is 2.04 bits per heavy atom. The minimum atomic E-state index is 0.619. The van der Waals surface area contributed by atoms with Gasteiger partial charge in [-0.25, -0.2) is 0 Å². The molecular weight excluding hydrogens is 304 g/mol. The van der Waals surface area contributed by atoms with E-state index in [0.717, 1.165) is 57.6 Å². The number of morpholine rings is 1. The molecule has 0 aromatic heterocycles. The Bertz CT molecular complexity index is 517. The average Bonchev–Trinajstić information content (AvgIpc) is 3.13. The van der Waals surface area contributed by atoms with Gasteiger partial charge in [0.15, 0.2) is 5.96 Å². The minimum Gasteiger partial charge on any atom is -0.492 e. The van der Waals surface area contributed by atoms with Crippen LogP contribution in [0.1, 0.15) is 6.42 Å². The maximum absolute atomic E-state index is 5.72. The zero-order valence-corrected chi connectivity index (χ0v) is 14.5. The third kappa shape index (κ3) is 4.61. The van der Waals surface area contributed by atoms with Crippen LogP contribution in [0.25, 0.3) is 0 Å². The largest absolute Gasteiger partial charge is 0.492 e. The number of para-hydroxylation sites is 1. The summed E-state index contributed by atoms with van der Waals surface area (Å²) in [6.07, 6.45) is 1.20. The number of guanidine groups is 1. The number of benzene rings is 1. The molecule has 0 radical (unpaired) electrons. The Labute approximate surface area is 144 Å². The first-order valence-electron chi connectivity index (χ1n) is 8.82. The van der Waals surface area contributed by atoms with Crippen molar-refractivity contribution >= 4 is 5.96 Å². The molecule has 2 aliphatic rings. The van der Waals surface area contributed by atoms with Crippen LogP contribution in [0.2, 0.25) is 0 Å². The molecule has 1 aromatic rings. The quantitative estimate of drug-likeness (QED) is 0.496. The molecule has 2 saturated heterocycles. The van der Waals surface area contributed by atoms with Gasteiger partial charge in [-0.1, -0.05) is 18.2 Å². The van der Waals surface area contributed by atoms with E-state index in [0.29, 0.717) is 12.6 Å². The van der Waals surface area contributed by atoms with Crippen LogP contribution in [0.4, 0.5) is 0 Å². The summed E-state index contributed by atoms with van der Waals surface area (Å²) in [5, 5.41) is 3.41. The van der Waals surface area contributed by atoms with Gasteiger partial charge in [0.25, 0.3) is 0 Å². The molecule has 6 heteroatoms. The highest BCUT2D eigenvalue weighted by Gasteiger charge is 2.30. The van der Waals surface area contributed by atoms with Gasteiger partial charge in [-0.2, -0.15) is 0 Å². The molecule has 2 heterocycles. The Morgan fingerprint density at radius 1 is 1.25 bits per heavy atom. The lowest BCUT2D eigenvalue weighted by Crippen LogP contribution is -2.47. The predicted octanol–water partition coefficient (Wildman–Crippen LogP) is 1.05. The standard InChI is InChI=1S/C18H28N4O2/c1-19-18(20-8-12-24-17-5-3-2-4-6-17)22-9-7-16(15-22)21-10-13-23-14-11-21/h2-6,16H,7-15H2,1H3,(H,19,20). The summed E-state index contributed by atoms with van der Waals surface area (Å²) in [4.78, 5) is 9.33. The first-order valence-corrected chi connectivity index (χ1v) is 8.82. The van der Waals surface area contributed by atoms with Gasteiger partial charge in [-0.05, 0) is 18.6 Å². The van der Waals surface area contributed by atoms with Crippen molar-refractivity contribution in [2.75, 3.05) is 59.6 Å². The van der Waals surface area contributed by atoms with Gasteiger partial charge in [0.05, 0.1) is 19.8 Å². The lowest BCUT2D eigenvalue weighted by molar-refractivity contribution is 0.0195. The summed E-state index contributed by atoms with van der Waals surface area (Å²) in [6, 6.07) is 10.5. The van der Waals surface area contributed by atoms with Crippen molar-refractivity contribution in [1.29, 1.82) is 0 Å². The fourth-order valence-electron chi connectivity index (χ4n) is 3.36. The van der Waals surface area contributed by atoms with Gasteiger partial charge < -0.3 is 19.7 Å². The summed E-state index contributed by atoms with van der Waals surface area (Å²) in [5.41, 5.74) is 0. The molecule has 6 nitrogen and oxygen atoms in total. The monoisotopic (exact) mass is 332 g/mol. The second kappa shape index (κ2) is 8.89. The number of hydrogen-bond acceptors (Lipinski definition) is 4. The van der Waals surface area contributed by atoms with Gasteiger partial charge in [0.2, 0.25) is 0 Å². The molecule has 0 bridgehead atoms. The number of likely N-dealkylation sites (tertiary alicyclic amines) is 1. The number of hydrogen-bond donors (Lipinski definition) is 1. The van der Waals surface area contributed by atoms with Crippen molar-refractivity contribution in [2.45, 2.75) is 12.5 Å². The van der Waals surface area contributed by atoms with Crippen LogP contribution in [-0.2, 0) is 4.74 Å². The first-order chi connectivity index (χ1) is 11.9. The normalized spacial score (nSPS) is 22.6. The number of ether oxygens (including phenoxy) is 2. The number of aliphatic imine (C=N–C) groups is 1. The molecule has 3 rings (SSSR count). The maximum Gasteiger partial charge on any atom is 0.193 e. The molecule has 24 heavy (non-hydrogen) atoms. The van der Waals surface area contributed by atoms with Crippen molar-refractivity contribution in [2.24, 2.45) is 4.99 Å². The van der Waals surface area contributed by atoms with Gasteiger partial charge in [0.1, 0.15) is 12.4 Å². The minimum absolute atomic E-state index is 0.619. The Hall–Kier alpha value is -1.79. The number of nitrogens with one attached hydrogen (secondary N) is 1. The van der Waals surface area contributed by atoms with Crippen LogP contribution < -0.4 is 10.1 Å². The molecule has 0 saturated carbocycles. The van der Waals surface area contributed by atoms with Crippen molar-refractivity contribution < 1.29 is 9.47 Å². The number of rotatable bonds is 5. The average molecular weight is 332 g/mol. The van der Waals surface area contributed by atoms with Crippen LogP contribution in [0.15, 0.2) is 35.3 Å². The van der Waals surface area contributed by atoms with E-state index in [-0.39, 0.29) is 0 Å². The van der Waals surface area contributed by atoms with Crippen LogP contribution >= 0.6 is 0 Å². The molecule has 0 spiro atoms. The van der Waals surface area contributed by atoms with E-state index in [1.807, 2.05) is 37.4 Å². The zero-order valence-electron chi connectivity index (χ0n) is 14.5. The smallest absolute Gasteiger partial charge is 0.193 e. The molecule has 1 N–H and O–H groups in total. The van der Waals surface area contributed by atoms with Crippen LogP contribution in [0, 0.1) is 0 Å².